The molecule has 0 saturated carbocycles. The first-order valence-corrected chi connectivity index (χ1v) is 21.5. The highest BCUT2D eigenvalue weighted by molar-refractivity contribution is 6.14. The molecule has 0 radical (unpaired) electrons. The van der Waals surface area contributed by atoms with E-state index in [-0.39, 0.29) is 6.04 Å². The summed E-state index contributed by atoms with van der Waals surface area (Å²) in [5.41, 5.74) is 17.3. The maximum atomic E-state index is 6.62. The second-order valence-corrected chi connectivity index (χ2v) is 16.5. The van der Waals surface area contributed by atoms with Crippen molar-refractivity contribution in [1.82, 2.24) is 9.88 Å². The summed E-state index contributed by atoms with van der Waals surface area (Å²) in [7, 11) is 0. The molecule has 0 spiro atoms. The second kappa shape index (κ2) is 14.1. The lowest BCUT2D eigenvalue weighted by molar-refractivity contribution is 0.666. The van der Waals surface area contributed by atoms with Gasteiger partial charge < -0.3 is 18.7 Å². The third kappa shape index (κ3) is 5.84. The number of furan rings is 2. The van der Waals surface area contributed by atoms with E-state index in [0.29, 0.717) is 0 Å². The number of nitrogens with zero attached hydrogens (tertiary/aromatic N) is 1. The average molecular weight is 807 g/mol. The van der Waals surface area contributed by atoms with E-state index in [9.17, 15) is 0 Å². The van der Waals surface area contributed by atoms with Crippen LogP contribution in [0.3, 0.4) is 0 Å². The SMILES string of the molecule is C1=C(c2ccccc2)NC(c2ccc3c(c2)oc2ccccc23)C=C1c1cccc2oc3ccc(-c4ccc5c(c4)c4ccccc4n5-c4cccc(-c5ccccc5)c4)cc3c12. The van der Waals surface area contributed by atoms with Crippen LogP contribution in [0.2, 0.25) is 0 Å². The first-order valence-electron chi connectivity index (χ1n) is 21.5. The van der Waals surface area contributed by atoms with Gasteiger partial charge in [-0.05, 0) is 117 Å². The number of hydrogen-bond acceptors (Lipinski definition) is 3. The molecule has 13 rings (SSSR count). The third-order valence-electron chi connectivity index (χ3n) is 12.8. The monoisotopic (exact) mass is 806 g/mol. The molecule has 0 fully saturated rings. The molecule has 296 valence electrons. The van der Waals surface area contributed by atoms with Crippen molar-refractivity contribution in [3.63, 3.8) is 0 Å². The van der Waals surface area contributed by atoms with E-state index in [0.717, 1.165) is 88.7 Å². The largest absolute Gasteiger partial charge is 0.456 e. The van der Waals surface area contributed by atoms with E-state index in [1.165, 1.54) is 32.9 Å². The fraction of sp³-hybridized carbons (Fsp3) is 0.0169. The van der Waals surface area contributed by atoms with E-state index >= 15 is 0 Å². The second-order valence-electron chi connectivity index (χ2n) is 16.5. The van der Waals surface area contributed by atoms with Gasteiger partial charge in [0.15, 0.2) is 0 Å². The van der Waals surface area contributed by atoms with Gasteiger partial charge in [-0.1, -0.05) is 146 Å². The number of nitrogens with one attached hydrogen (secondary N) is 1. The summed E-state index contributed by atoms with van der Waals surface area (Å²) < 4.78 is 15.4. The van der Waals surface area contributed by atoms with Gasteiger partial charge in [-0.3, -0.25) is 0 Å². The summed E-state index contributed by atoms with van der Waals surface area (Å²) in [5, 5.41) is 10.8. The molecule has 1 aliphatic heterocycles. The first kappa shape index (κ1) is 35.4. The van der Waals surface area contributed by atoms with Crippen molar-refractivity contribution in [1.29, 1.82) is 0 Å². The van der Waals surface area contributed by atoms with Crippen molar-refractivity contribution in [3.8, 4) is 27.9 Å². The first-order chi connectivity index (χ1) is 31.2. The number of fused-ring (bicyclic) bond motifs is 9. The highest BCUT2D eigenvalue weighted by Crippen LogP contribution is 2.42. The van der Waals surface area contributed by atoms with Gasteiger partial charge in [-0.25, -0.2) is 0 Å². The smallest absolute Gasteiger partial charge is 0.136 e. The van der Waals surface area contributed by atoms with Crippen LogP contribution in [0.25, 0.3) is 105 Å². The lowest BCUT2D eigenvalue weighted by Gasteiger charge is -2.26. The molecule has 0 saturated heterocycles. The Bertz CT molecular complexity index is 3830. The van der Waals surface area contributed by atoms with E-state index in [4.69, 9.17) is 8.83 Å². The molecular weight excluding hydrogens is 769 g/mol. The molecule has 1 aliphatic rings. The molecule has 4 nitrogen and oxygen atoms in total. The number of allylic oxidation sites excluding steroid dienone is 2. The molecule has 1 N–H and O–H groups in total. The van der Waals surface area contributed by atoms with Gasteiger partial charge in [0.05, 0.1) is 17.1 Å². The Hall–Kier alpha value is -8.34. The quantitative estimate of drug-likeness (QED) is 0.182. The maximum absolute atomic E-state index is 6.62. The molecule has 4 heteroatoms. The summed E-state index contributed by atoms with van der Waals surface area (Å²) in [6, 6.07) is 73.4. The van der Waals surface area contributed by atoms with E-state index in [2.05, 4.69) is 216 Å². The van der Waals surface area contributed by atoms with E-state index < -0.39 is 0 Å². The summed E-state index contributed by atoms with van der Waals surface area (Å²) in [6.07, 6.45) is 4.62. The topological polar surface area (TPSA) is 43.2 Å². The fourth-order valence-corrected chi connectivity index (χ4v) is 9.83. The number of para-hydroxylation sites is 2. The van der Waals surface area contributed by atoms with Crippen molar-refractivity contribution < 1.29 is 8.83 Å². The normalized spacial score (nSPS) is 14.2. The highest BCUT2D eigenvalue weighted by atomic mass is 16.3. The molecular formula is C59H38N2O2. The molecule has 9 aromatic carbocycles. The predicted molar refractivity (Wildman–Crippen MR) is 261 cm³/mol. The lowest BCUT2D eigenvalue weighted by Crippen LogP contribution is -2.21. The van der Waals surface area contributed by atoms with Crippen LogP contribution in [0, 0.1) is 0 Å². The summed E-state index contributed by atoms with van der Waals surface area (Å²) in [6.45, 7) is 0. The van der Waals surface area contributed by atoms with Crippen LogP contribution in [-0.4, -0.2) is 4.57 Å². The number of aromatic nitrogens is 1. The number of benzene rings is 9. The standard InChI is InChI=1S/C59H38N2O2/c1-3-13-37(14-4-1)39-17-11-18-44(31-39)61-53-22-9-7-19-46(53)49-32-40(26-29-54(49)61)41-27-30-56-50(33-41)59-45(21-12-24-57(59)62-56)43-34-51(38-15-5-2-6-16-38)60-52(35-43)42-25-28-48-47-20-8-10-23-55(47)63-58(48)36-42/h1-36,52,60H. The Morgan fingerprint density at radius 2 is 1.03 bits per heavy atom. The predicted octanol–water partition coefficient (Wildman–Crippen LogP) is 15.7. The minimum atomic E-state index is -0.100. The van der Waals surface area contributed by atoms with Gasteiger partial charge in [0.25, 0.3) is 0 Å². The summed E-state index contributed by atoms with van der Waals surface area (Å²) in [4.78, 5) is 0. The maximum Gasteiger partial charge on any atom is 0.136 e. The van der Waals surface area contributed by atoms with E-state index in [1.54, 1.807) is 0 Å². The Balaban J connectivity index is 0.941. The van der Waals surface area contributed by atoms with Crippen LogP contribution in [0.5, 0.6) is 0 Å². The molecule has 0 bridgehead atoms. The van der Waals surface area contributed by atoms with Crippen LogP contribution in [0.4, 0.5) is 0 Å². The Morgan fingerprint density at radius 3 is 1.90 bits per heavy atom. The molecule has 1 atom stereocenters. The van der Waals surface area contributed by atoms with Crippen LogP contribution >= 0.6 is 0 Å². The van der Waals surface area contributed by atoms with Crippen LogP contribution in [0.15, 0.2) is 227 Å². The third-order valence-corrected chi connectivity index (χ3v) is 12.8. The summed E-state index contributed by atoms with van der Waals surface area (Å²) >= 11 is 0. The zero-order chi connectivity index (χ0) is 41.4. The van der Waals surface area contributed by atoms with Gasteiger partial charge in [0.1, 0.15) is 22.3 Å². The zero-order valence-electron chi connectivity index (χ0n) is 34.1. The molecule has 63 heavy (non-hydrogen) atoms. The highest BCUT2D eigenvalue weighted by Gasteiger charge is 2.23. The van der Waals surface area contributed by atoms with Crippen molar-refractivity contribution in [3.05, 3.63) is 235 Å². The van der Waals surface area contributed by atoms with Gasteiger partial charge in [0, 0.05) is 43.7 Å². The van der Waals surface area contributed by atoms with Crippen molar-refractivity contribution in [2.45, 2.75) is 6.04 Å². The molecule has 0 amide bonds. The molecule has 12 aromatic rings. The van der Waals surface area contributed by atoms with Gasteiger partial charge in [0.2, 0.25) is 0 Å². The lowest BCUT2D eigenvalue weighted by atomic mass is 9.90. The fourth-order valence-electron chi connectivity index (χ4n) is 9.83. The van der Waals surface area contributed by atoms with Crippen molar-refractivity contribution in [2.75, 3.05) is 0 Å². The molecule has 0 aliphatic carbocycles. The van der Waals surface area contributed by atoms with Gasteiger partial charge >= 0.3 is 0 Å². The summed E-state index contributed by atoms with van der Waals surface area (Å²) in [5.74, 6) is 0. The Kier molecular flexibility index (Phi) is 7.94. The van der Waals surface area contributed by atoms with Crippen LogP contribution in [-0.2, 0) is 0 Å². The van der Waals surface area contributed by atoms with Gasteiger partial charge in [-0.2, -0.15) is 0 Å². The van der Waals surface area contributed by atoms with Gasteiger partial charge in [-0.15, -0.1) is 0 Å². The number of hydrogen-bond donors (Lipinski definition) is 1. The number of dihydropyridines is 1. The zero-order valence-corrected chi connectivity index (χ0v) is 34.1. The van der Waals surface area contributed by atoms with Crippen molar-refractivity contribution in [2.24, 2.45) is 0 Å². The minimum absolute atomic E-state index is 0.100. The van der Waals surface area contributed by atoms with Crippen LogP contribution < -0.4 is 5.32 Å². The molecule has 4 heterocycles. The van der Waals surface area contributed by atoms with Crippen molar-refractivity contribution >= 4 is 77.0 Å². The Morgan fingerprint density at radius 1 is 0.397 bits per heavy atom. The van der Waals surface area contributed by atoms with E-state index in [1.807, 2.05) is 12.1 Å². The van der Waals surface area contributed by atoms with Crippen LogP contribution in [0.1, 0.15) is 22.7 Å². The number of rotatable bonds is 6. The molecule has 3 aromatic heterocycles. The Labute approximate surface area is 363 Å². The average Bonchev–Trinajstić information content (AvgIpc) is 4.03. The molecule has 1 unspecified atom stereocenters. The minimum Gasteiger partial charge on any atom is -0.456 e.